The van der Waals surface area contributed by atoms with E-state index in [1.54, 1.807) is 0 Å². The lowest BCUT2D eigenvalue weighted by Crippen LogP contribution is -1.85. The van der Waals surface area contributed by atoms with Crippen LogP contribution < -0.4 is 0 Å². The van der Waals surface area contributed by atoms with E-state index < -0.39 is 0 Å². The maximum Gasteiger partial charge on any atom is 0.0991 e. The minimum absolute atomic E-state index is 0.699. The van der Waals surface area contributed by atoms with Crippen molar-refractivity contribution in [1.82, 2.24) is 0 Å². The standard InChI is InChI=1S/C15H12BrN/c16-10-9-12-1-5-14(6-2-12)15-7-3-13(11-17)4-8-15/h1-8H,9-10H2. The Kier molecular flexibility index (Phi) is 3.95. The van der Waals surface area contributed by atoms with Crippen LogP contribution in [-0.2, 0) is 6.42 Å². The summed E-state index contributed by atoms with van der Waals surface area (Å²) in [5.74, 6) is 0. The second kappa shape index (κ2) is 5.65. The van der Waals surface area contributed by atoms with Gasteiger partial charge in [0.05, 0.1) is 11.6 Å². The highest BCUT2D eigenvalue weighted by Crippen LogP contribution is 2.20. The van der Waals surface area contributed by atoms with Crippen LogP contribution in [0.5, 0.6) is 0 Å². The molecule has 17 heavy (non-hydrogen) atoms. The van der Waals surface area contributed by atoms with Crippen molar-refractivity contribution in [2.75, 3.05) is 5.33 Å². The van der Waals surface area contributed by atoms with E-state index in [0.717, 1.165) is 17.3 Å². The summed E-state index contributed by atoms with van der Waals surface area (Å²) in [5.41, 5.74) is 4.37. The molecule has 0 spiro atoms. The Balaban J connectivity index is 2.24. The molecule has 0 atom stereocenters. The normalized spacial score (nSPS) is 9.88. The molecule has 2 rings (SSSR count). The van der Waals surface area contributed by atoms with Gasteiger partial charge in [-0.05, 0) is 35.2 Å². The van der Waals surface area contributed by atoms with E-state index in [-0.39, 0.29) is 0 Å². The zero-order valence-corrected chi connectivity index (χ0v) is 10.9. The first kappa shape index (κ1) is 11.9. The Morgan fingerprint density at radius 2 is 1.41 bits per heavy atom. The molecule has 0 aliphatic carbocycles. The molecular formula is C15H12BrN. The molecule has 2 aromatic rings. The molecule has 0 radical (unpaired) electrons. The second-order valence-corrected chi connectivity index (χ2v) is 4.62. The molecule has 0 fully saturated rings. The van der Waals surface area contributed by atoms with Gasteiger partial charge in [-0.2, -0.15) is 5.26 Å². The van der Waals surface area contributed by atoms with Crippen molar-refractivity contribution < 1.29 is 0 Å². The summed E-state index contributed by atoms with van der Waals surface area (Å²) in [7, 11) is 0. The largest absolute Gasteiger partial charge is 0.192 e. The molecule has 0 aliphatic heterocycles. The minimum atomic E-state index is 0.699. The lowest BCUT2D eigenvalue weighted by atomic mass is 10.0. The highest BCUT2D eigenvalue weighted by atomic mass is 79.9. The van der Waals surface area contributed by atoms with Crippen LogP contribution in [0, 0.1) is 11.3 Å². The van der Waals surface area contributed by atoms with Crippen LogP contribution in [0.25, 0.3) is 11.1 Å². The number of alkyl halides is 1. The van der Waals surface area contributed by atoms with Crippen LogP contribution in [0.1, 0.15) is 11.1 Å². The quantitative estimate of drug-likeness (QED) is 0.777. The van der Waals surface area contributed by atoms with Gasteiger partial charge >= 0.3 is 0 Å². The Bertz CT molecular complexity index is 520. The third kappa shape index (κ3) is 2.95. The van der Waals surface area contributed by atoms with Gasteiger partial charge in [-0.1, -0.05) is 52.3 Å². The first-order valence-corrected chi connectivity index (χ1v) is 6.61. The fraction of sp³-hybridized carbons (Fsp3) is 0.133. The summed E-state index contributed by atoms with van der Waals surface area (Å²) < 4.78 is 0. The fourth-order valence-corrected chi connectivity index (χ4v) is 2.17. The monoisotopic (exact) mass is 285 g/mol. The van der Waals surface area contributed by atoms with Crippen molar-refractivity contribution in [3.63, 3.8) is 0 Å². The summed E-state index contributed by atoms with van der Waals surface area (Å²) >= 11 is 3.43. The number of aryl methyl sites for hydroxylation is 1. The zero-order chi connectivity index (χ0) is 12.1. The van der Waals surface area contributed by atoms with E-state index in [9.17, 15) is 0 Å². The molecule has 2 aromatic carbocycles. The van der Waals surface area contributed by atoms with Crippen LogP contribution in [-0.4, -0.2) is 5.33 Å². The SMILES string of the molecule is N#Cc1ccc(-c2ccc(CCBr)cc2)cc1. The molecule has 0 N–H and O–H groups in total. The summed E-state index contributed by atoms with van der Waals surface area (Å²) in [6.45, 7) is 0. The number of hydrogen-bond donors (Lipinski definition) is 0. The molecule has 0 saturated heterocycles. The molecule has 0 unspecified atom stereocenters. The van der Waals surface area contributed by atoms with Gasteiger partial charge in [-0.15, -0.1) is 0 Å². The summed E-state index contributed by atoms with van der Waals surface area (Å²) in [6, 6.07) is 18.3. The van der Waals surface area contributed by atoms with Gasteiger partial charge in [0, 0.05) is 5.33 Å². The molecule has 0 amide bonds. The highest BCUT2D eigenvalue weighted by molar-refractivity contribution is 9.09. The lowest BCUT2D eigenvalue weighted by molar-refractivity contribution is 1.17. The number of benzene rings is 2. The zero-order valence-electron chi connectivity index (χ0n) is 9.36. The van der Waals surface area contributed by atoms with E-state index in [1.165, 1.54) is 11.1 Å². The molecule has 0 aliphatic rings. The van der Waals surface area contributed by atoms with Gasteiger partial charge in [0.1, 0.15) is 0 Å². The molecule has 0 aromatic heterocycles. The second-order valence-electron chi connectivity index (χ2n) is 3.83. The molecule has 1 nitrogen and oxygen atoms in total. The number of halogens is 1. The van der Waals surface area contributed by atoms with Gasteiger partial charge in [-0.25, -0.2) is 0 Å². The van der Waals surface area contributed by atoms with E-state index in [2.05, 4.69) is 46.3 Å². The van der Waals surface area contributed by atoms with Crippen LogP contribution in [0.3, 0.4) is 0 Å². The van der Waals surface area contributed by atoms with Crippen molar-refractivity contribution >= 4 is 15.9 Å². The fourth-order valence-electron chi connectivity index (χ4n) is 1.71. The molecule has 84 valence electrons. The van der Waals surface area contributed by atoms with Gasteiger partial charge in [-0.3, -0.25) is 0 Å². The number of rotatable bonds is 3. The van der Waals surface area contributed by atoms with Crippen molar-refractivity contribution in [3.8, 4) is 17.2 Å². The van der Waals surface area contributed by atoms with Gasteiger partial charge in [0.15, 0.2) is 0 Å². The summed E-state index contributed by atoms with van der Waals surface area (Å²) in [6.07, 6.45) is 1.05. The maximum atomic E-state index is 8.74. The van der Waals surface area contributed by atoms with Crippen molar-refractivity contribution in [2.24, 2.45) is 0 Å². The predicted molar refractivity (Wildman–Crippen MR) is 74.1 cm³/mol. The highest BCUT2D eigenvalue weighted by Gasteiger charge is 1.98. The molecule has 2 heteroatoms. The number of hydrogen-bond acceptors (Lipinski definition) is 1. The smallest absolute Gasteiger partial charge is 0.0991 e. The Morgan fingerprint density at radius 3 is 1.88 bits per heavy atom. The summed E-state index contributed by atoms with van der Waals surface area (Å²) in [4.78, 5) is 0. The van der Waals surface area contributed by atoms with E-state index in [0.29, 0.717) is 5.56 Å². The average Bonchev–Trinajstić information content (AvgIpc) is 2.40. The topological polar surface area (TPSA) is 23.8 Å². The number of nitrogens with zero attached hydrogens (tertiary/aromatic N) is 1. The van der Waals surface area contributed by atoms with Gasteiger partial charge in [0.2, 0.25) is 0 Å². The Hall–Kier alpha value is -1.59. The van der Waals surface area contributed by atoms with Crippen molar-refractivity contribution in [1.29, 1.82) is 5.26 Å². The van der Waals surface area contributed by atoms with Gasteiger partial charge < -0.3 is 0 Å². The number of nitriles is 1. The Morgan fingerprint density at radius 1 is 0.882 bits per heavy atom. The Labute approximate surface area is 110 Å². The molecular weight excluding hydrogens is 274 g/mol. The third-order valence-electron chi connectivity index (χ3n) is 2.68. The van der Waals surface area contributed by atoms with Crippen molar-refractivity contribution in [3.05, 3.63) is 59.7 Å². The van der Waals surface area contributed by atoms with E-state index >= 15 is 0 Å². The van der Waals surface area contributed by atoms with Crippen LogP contribution >= 0.6 is 15.9 Å². The predicted octanol–water partition coefficient (Wildman–Crippen LogP) is 4.16. The molecule has 0 bridgehead atoms. The third-order valence-corrected chi connectivity index (χ3v) is 3.08. The molecule has 0 saturated carbocycles. The van der Waals surface area contributed by atoms with E-state index in [1.807, 2.05) is 24.3 Å². The maximum absolute atomic E-state index is 8.74. The first-order valence-electron chi connectivity index (χ1n) is 5.49. The van der Waals surface area contributed by atoms with Crippen molar-refractivity contribution in [2.45, 2.75) is 6.42 Å². The lowest BCUT2D eigenvalue weighted by Gasteiger charge is -2.03. The average molecular weight is 286 g/mol. The van der Waals surface area contributed by atoms with Gasteiger partial charge in [0.25, 0.3) is 0 Å². The molecule has 0 heterocycles. The van der Waals surface area contributed by atoms with E-state index in [4.69, 9.17) is 5.26 Å². The first-order chi connectivity index (χ1) is 8.33. The van der Waals surface area contributed by atoms with Crippen LogP contribution in [0.2, 0.25) is 0 Å². The van der Waals surface area contributed by atoms with Crippen LogP contribution in [0.15, 0.2) is 48.5 Å². The van der Waals surface area contributed by atoms with Crippen LogP contribution in [0.4, 0.5) is 0 Å². The minimum Gasteiger partial charge on any atom is -0.192 e. The summed E-state index contributed by atoms with van der Waals surface area (Å²) in [5, 5.41) is 9.73.